The van der Waals surface area contributed by atoms with Crippen LogP contribution in [-0.2, 0) is 0 Å². The number of hydrogen-bond acceptors (Lipinski definition) is 5. The lowest BCUT2D eigenvalue weighted by atomic mass is 10.1. The van der Waals surface area contributed by atoms with Crippen molar-refractivity contribution < 1.29 is 13.5 Å². The first-order chi connectivity index (χ1) is 15.5. The van der Waals surface area contributed by atoms with Crippen LogP contribution in [-0.4, -0.2) is 21.1 Å². The van der Waals surface area contributed by atoms with Crippen molar-refractivity contribution >= 4 is 34.0 Å². The van der Waals surface area contributed by atoms with E-state index in [1.165, 1.54) is 16.8 Å². The molecule has 2 aromatic heterocycles. The number of rotatable bonds is 6. The number of nitrogens with zero attached hydrogens (tertiary/aromatic N) is 3. The summed E-state index contributed by atoms with van der Waals surface area (Å²) in [6, 6.07) is 15.9. The van der Waals surface area contributed by atoms with Crippen molar-refractivity contribution in [2.75, 3.05) is 5.32 Å². The van der Waals surface area contributed by atoms with Crippen molar-refractivity contribution in [3.63, 3.8) is 0 Å². The number of nitrogens with one attached hydrogen (secondary N) is 1. The van der Waals surface area contributed by atoms with E-state index in [1.807, 2.05) is 18.2 Å². The first kappa shape index (κ1) is 20.4. The molecule has 162 valence electrons. The highest BCUT2D eigenvalue weighted by atomic mass is 35.5. The van der Waals surface area contributed by atoms with Crippen molar-refractivity contribution in [2.24, 2.45) is 0 Å². The summed E-state index contributed by atoms with van der Waals surface area (Å²) < 4.78 is 30.9. The summed E-state index contributed by atoms with van der Waals surface area (Å²) in [5.74, 6) is 0.535. The van der Waals surface area contributed by atoms with Crippen LogP contribution in [0.15, 0.2) is 65.6 Å². The molecule has 1 aliphatic carbocycles. The Hall–Kier alpha value is -3.52. The second kappa shape index (κ2) is 8.20. The lowest BCUT2D eigenvalue weighted by Gasteiger charge is -2.16. The Morgan fingerprint density at radius 3 is 2.69 bits per heavy atom. The van der Waals surface area contributed by atoms with Gasteiger partial charge >= 0.3 is 12.3 Å². The highest BCUT2D eigenvalue weighted by Gasteiger charge is 2.25. The molecule has 1 N–H and O–H groups in total. The molecule has 1 aliphatic rings. The van der Waals surface area contributed by atoms with E-state index in [0.29, 0.717) is 39.0 Å². The van der Waals surface area contributed by atoms with E-state index < -0.39 is 12.3 Å². The van der Waals surface area contributed by atoms with Gasteiger partial charge in [-0.25, -0.2) is 9.78 Å². The minimum absolute atomic E-state index is 0.241. The Balaban J connectivity index is 1.66. The third-order valence-electron chi connectivity index (χ3n) is 5.27. The Labute approximate surface area is 186 Å². The molecule has 2 heterocycles. The Kier molecular flexibility index (Phi) is 5.22. The smallest absolute Gasteiger partial charge is 0.388 e. The zero-order valence-electron chi connectivity index (χ0n) is 16.6. The minimum Gasteiger partial charge on any atom is -0.417 e. The average molecular weight is 455 g/mol. The maximum Gasteiger partial charge on any atom is 0.388 e. The maximum atomic E-state index is 13.1. The van der Waals surface area contributed by atoms with Gasteiger partial charge in [0.2, 0.25) is 5.88 Å². The van der Waals surface area contributed by atoms with Crippen LogP contribution >= 0.6 is 11.6 Å². The highest BCUT2D eigenvalue weighted by molar-refractivity contribution is 6.32. The lowest BCUT2D eigenvalue weighted by Crippen LogP contribution is -2.23. The van der Waals surface area contributed by atoms with E-state index in [-0.39, 0.29) is 5.88 Å². The van der Waals surface area contributed by atoms with Crippen LogP contribution in [0.25, 0.3) is 16.6 Å². The molecule has 0 aliphatic heterocycles. The normalized spacial score (nSPS) is 13.5. The van der Waals surface area contributed by atoms with Crippen LogP contribution in [0.4, 0.5) is 20.3 Å². The van der Waals surface area contributed by atoms with Crippen molar-refractivity contribution in [1.82, 2.24) is 14.5 Å². The zero-order valence-corrected chi connectivity index (χ0v) is 17.4. The molecule has 2 aromatic carbocycles. The largest absolute Gasteiger partial charge is 0.417 e. The van der Waals surface area contributed by atoms with E-state index in [9.17, 15) is 13.6 Å². The van der Waals surface area contributed by atoms with Crippen LogP contribution in [0.2, 0.25) is 5.02 Å². The SMILES string of the molecule is O=c1nc(Nc2ccnc(OC(F)F)c2)c2ccc(C3CC3)cc2n1-c1ccccc1Cl. The summed E-state index contributed by atoms with van der Waals surface area (Å²) in [4.78, 5) is 21.1. The third kappa shape index (κ3) is 4.01. The molecule has 9 heteroatoms. The Morgan fingerprint density at radius 1 is 1.12 bits per heavy atom. The molecular weight excluding hydrogens is 438 g/mol. The van der Waals surface area contributed by atoms with Crippen LogP contribution < -0.4 is 15.7 Å². The number of benzene rings is 2. The molecule has 0 bridgehead atoms. The maximum absolute atomic E-state index is 13.1. The molecule has 0 spiro atoms. The van der Waals surface area contributed by atoms with E-state index >= 15 is 0 Å². The fourth-order valence-electron chi connectivity index (χ4n) is 3.65. The fraction of sp³-hybridized carbons (Fsp3) is 0.174. The number of halogens is 3. The molecule has 0 amide bonds. The zero-order chi connectivity index (χ0) is 22.2. The van der Waals surface area contributed by atoms with Crippen LogP contribution in [0.5, 0.6) is 5.88 Å². The molecule has 5 rings (SSSR count). The third-order valence-corrected chi connectivity index (χ3v) is 5.59. The van der Waals surface area contributed by atoms with Crippen LogP contribution in [0.1, 0.15) is 24.3 Å². The second-order valence-electron chi connectivity index (χ2n) is 7.47. The molecule has 1 saturated carbocycles. The number of aromatic nitrogens is 3. The molecule has 32 heavy (non-hydrogen) atoms. The van der Waals surface area contributed by atoms with Gasteiger partial charge in [-0.2, -0.15) is 13.8 Å². The molecule has 1 fully saturated rings. The summed E-state index contributed by atoms with van der Waals surface area (Å²) in [6.07, 6.45) is 3.56. The molecule has 0 radical (unpaired) electrons. The minimum atomic E-state index is -2.99. The summed E-state index contributed by atoms with van der Waals surface area (Å²) >= 11 is 6.39. The number of alkyl halides is 2. The number of para-hydroxylation sites is 1. The van der Waals surface area contributed by atoms with Gasteiger partial charge in [-0.3, -0.25) is 4.57 Å². The summed E-state index contributed by atoms with van der Waals surface area (Å²) in [6.45, 7) is -2.99. The predicted molar refractivity (Wildman–Crippen MR) is 118 cm³/mol. The first-order valence-electron chi connectivity index (χ1n) is 9.99. The van der Waals surface area contributed by atoms with Gasteiger partial charge in [0.15, 0.2) is 0 Å². The topological polar surface area (TPSA) is 69.0 Å². The van der Waals surface area contributed by atoms with Gasteiger partial charge in [0.25, 0.3) is 0 Å². The van der Waals surface area contributed by atoms with Gasteiger partial charge in [0.1, 0.15) is 5.82 Å². The summed E-state index contributed by atoms with van der Waals surface area (Å²) in [5.41, 5.74) is 2.23. The monoisotopic (exact) mass is 454 g/mol. The Morgan fingerprint density at radius 2 is 1.94 bits per heavy atom. The standard InChI is InChI=1S/C23H17ClF2N4O2/c24-17-3-1-2-4-18(17)30-19-11-14(13-5-6-13)7-8-16(19)21(29-23(30)31)28-15-9-10-27-20(12-15)32-22(25)26/h1-4,7-13,22H,5-6H2,(H,27,28,29,31). The molecule has 0 saturated heterocycles. The van der Waals surface area contributed by atoms with Gasteiger partial charge in [-0.15, -0.1) is 0 Å². The quantitative estimate of drug-likeness (QED) is 0.407. The van der Waals surface area contributed by atoms with Gasteiger partial charge in [0, 0.05) is 23.3 Å². The number of fused-ring (bicyclic) bond motifs is 1. The Bertz CT molecular complexity index is 1370. The van der Waals surface area contributed by atoms with E-state index in [4.69, 9.17) is 11.6 Å². The molecule has 6 nitrogen and oxygen atoms in total. The highest BCUT2D eigenvalue weighted by Crippen LogP contribution is 2.41. The van der Waals surface area contributed by atoms with E-state index in [1.54, 1.807) is 30.3 Å². The number of hydrogen-bond donors (Lipinski definition) is 1. The second-order valence-corrected chi connectivity index (χ2v) is 7.87. The van der Waals surface area contributed by atoms with Gasteiger partial charge in [-0.1, -0.05) is 29.8 Å². The average Bonchev–Trinajstić information content (AvgIpc) is 3.60. The van der Waals surface area contributed by atoms with E-state index in [0.717, 1.165) is 18.4 Å². The molecule has 0 unspecified atom stereocenters. The van der Waals surface area contributed by atoms with Crippen molar-refractivity contribution in [3.8, 4) is 11.6 Å². The molecular formula is C23H17ClF2N4O2. The first-order valence-corrected chi connectivity index (χ1v) is 10.4. The number of ether oxygens (including phenoxy) is 1. The summed E-state index contributed by atoms with van der Waals surface area (Å²) in [5, 5.41) is 4.15. The lowest BCUT2D eigenvalue weighted by molar-refractivity contribution is -0.0527. The van der Waals surface area contributed by atoms with Crippen molar-refractivity contribution in [3.05, 3.63) is 81.9 Å². The van der Waals surface area contributed by atoms with Crippen molar-refractivity contribution in [2.45, 2.75) is 25.4 Å². The predicted octanol–water partition coefficient (Wildman–Crippen LogP) is 5.66. The van der Waals surface area contributed by atoms with Crippen LogP contribution in [0.3, 0.4) is 0 Å². The summed E-state index contributed by atoms with van der Waals surface area (Å²) in [7, 11) is 0. The van der Waals surface area contributed by atoms with Gasteiger partial charge < -0.3 is 10.1 Å². The van der Waals surface area contributed by atoms with E-state index in [2.05, 4.69) is 20.0 Å². The van der Waals surface area contributed by atoms with Crippen molar-refractivity contribution in [1.29, 1.82) is 0 Å². The van der Waals surface area contributed by atoms with Gasteiger partial charge in [-0.05, 0) is 54.7 Å². The van der Waals surface area contributed by atoms with Crippen LogP contribution in [0, 0.1) is 0 Å². The molecule has 4 aromatic rings. The number of anilines is 2. The number of pyridine rings is 1. The fourth-order valence-corrected chi connectivity index (χ4v) is 3.87. The molecule has 0 atom stereocenters. The van der Waals surface area contributed by atoms with Gasteiger partial charge in [0.05, 0.1) is 16.2 Å².